The Bertz CT molecular complexity index is 1200. The van der Waals surface area contributed by atoms with Crippen molar-refractivity contribution >= 4 is 32.4 Å². The molecule has 0 aliphatic heterocycles. The number of H-pyrrole nitrogens is 1. The molecule has 27 heavy (non-hydrogen) atoms. The van der Waals surface area contributed by atoms with Gasteiger partial charge >= 0.3 is 0 Å². The van der Waals surface area contributed by atoms with E-state index in [1.165, 1.54) is 6.07 Å². The van der Waals surface area contributed by atoms with Crippen molar-refractivity contribution in [1.29, 1.82) is 0 Å². The number of benzene rings is 2. The molecule has 0 fully saturated rings. The lowest BCUT2D eigenvalue weighted by atomic mass is 9.94. The van der Waals surface area contributed by atoms with Gasteiger partial charge in [0.1, 0.15) is 11.6 Å². The zero-order valence-corrected chi connectivity index (χ0v) is 15.2. The molecule has 0 spiro atoms. The summed E-state index contributed by atoms with van der Waals surface area (Å²) < 4.78 is 54.5. The Balaban J connectivity index is 1.81. The van der Waals surface area contributed by atoms with Gasteiger partial charge in [0, 0.05) is 34.6 Å². The summed E-state index contributed by atoms with van der Waals surface area (Å²) in [7, 11) is -4.10. The Morgan fingerprint density at radius 2 is 1.89 bits per heavy atom. The highest BCUT2D eigenvalue weighted by molar-refractivity contribution is 7.92. The number of aromatic nitrogens is 1. The fourth-order valence-electron chi connectivity index (χ4n) is 3.50. The van der Waals surface area contributed by atoms with E-state index in [9.17, 15) is 22.0 Å². The molecule has 0 saturated heterocycles. The van der Waals surface area contributed by atoms with Gasteiger partial charge in [-0.1, -0.05) is 0 Å². The molecule has 0 atom stereocenters. The molecule has 2 N–H and O–H groups in total. The predicted octanol–water partition coefficient (Wildman–Crippen LogP) is 4.07. The Morgan fingerprint density at radius 3 is 2.63 bits per heavy atom. The minimum absolute atomic E-state index is 0.0372. The minimum atomic E-state index is -4.10. The van der Waals surface area contributed by atoms with Gasteiger partial charge in [0.25, 0.3) is 10.0 Å². The molecule has 0 unspecified atom stereocenters. The fourth-order valence-corrected chi connectivity index (χ4v) is 4.82. The van der Waals surface area contributed by atoms with Crippen LogP contribution in [0.25, 0.3) is 10.9 Å². The molecule has 3 aromatic rings. The van der Waals surface area contributed by atoms with Gasteiger partial charge in [-0.15, -0.1) is 0 Å². The number of hydrogen-bond donors (Lipinski definition) is 2. The van der Waals surface area contributed by atoms with Crippen molar-refractivity contribution in [3.05, 3.63) is 58.8 Å². The van der Waals surface area contributed by atoms with Gasteiger partial charge in [0.05, 0.1) is 10.6 Å². The number of sulfonamides is 1. The van der Waals surface area contributed by atoms with E-state index in [1.807, 2.05) is 0 Å². The van der Waals surface area contributed by atoms with Crippen molar-refractivity contribution in [3.63, 3.8) is 0 Å². The van der Waals surface area contributed by atoms with E-state index >= 15 is 0 Å². The van der Waals surface area contributed by atoms with E-state index in [-0.39, 0.29) is 16.4 Å². The summed E-state index contributed by atoms with van der Waals surface area (Å²) in [5.74, 6) is -1.75. The number of fused-ring (bicyclic) bond motifs is 3. The van der Waals surface area contributed by atoms with Crippen LogP contribution in [0, 0.1) is 18.6 Å². The minimum Gasteiger partial charge on any atom is -0.358 e. The van der Waals surface area contributed by atoms with Crippen LogP contribution in [0.4, 0.5) is 14.5 Å². The van der Waals surface area contributed by atoms with Crippen molar-refractivity contribution in [2.45, 2.75) is 31.1 Å². The maximum atomic E-state index is 13.8. The van der Waals surface area contributed by atoms with Gasteiger partial charge in [-0.2, -0.15) is 0 Å². The monoisotopic (exact) mass is 390 g/mol. The van der Waals surface area contributed by atoms with E-state index < -0.39 is 21.7 Å². The van der Waals surface area contributed by atoms with Gasteiger partial charge < -0.3 is 4.98 Å². The molecule has 1 aromatic heterocycles. The van der Waals surface area contributed by atoms with Gasteiger partial charge in [-0.3, -0.25) is 9.52 Å². The number of carbonyl (C=O) groups is 1. The molecule has 140 valence electrons. The normalized spacial score (nSPS) is 14.4. The standard InChI is InChI=1S/C19H16F2N2O3S/c1-10-7-12-16(22-15-3-2-4-17(24)19(12)15)9-18(10)27(25,26)23-14-6-5-11(20)8-13(14)21/h5-9,22-23H,2-4H2,1H3. The van der Waals surface area contributed by atoms with E-state index in [0.29, 0.717) is 34.5 Å². The molecule has 8 heteroatoms. The molecule has 4 rings (SSSR count). The van der Waals surface area contributed by atoms with Crippen LogP contribution in [0.2, 0.25) is 0 Å². The van der Waals surface area contributed by atoms with Crippen LogP contribution in [-0.4, -0.2) is 19.2 Å². The lowest BCUT2D eigenvalue weighted by Crippen LogP contribution is -2.15. The lowest BCUT2D eigenvalue weighted by molar-refractivity contribution is 0.0974. The van der Waals surface area contributed by atoms with Gasteiger partial charge in [-0.25, -0.2) is 17.2 Å². The average molecular weight is 390 g/mol. The van der Waals surface area contributed by atoms with E-state index in [4.69, 9.17) is 0 Å². The lowest BCUT2D eigenvalue weighted by Gasteiger charge is -2.12. The first-order valence-corrected chi connectivity index (χ1v) is 9.91. The third-order valence-corrected chi connectivity index (χ3v) is 6.25. The highest BCUT2D eigenvalue weighted by atomic mass is 32.2. The van der Waals surface area contributed by atoms with Crippen LogP contribution in [0.15, 0.2) is 35.2 Å². The Labute approximate surface area is 154 Å². The number of rotatable bonds is 3. The molecule has 0 saturated carbocycles. The molecule has 2 aromatic carbocycles. The van der Waals surface area contributed by atoms with Gasteiger partial charge in [-0.05, 0) is 49.6 Å². The van der Waals surface area contributed by atoms with Crippen LogP contribution in [0.1, 0.15) is 34.5 Å². The number of halogens is 2. The molecular formula is C19H16F2N2O3S. The van der Waals surface area contributed by atoms with Crippen LogP contribution in [-0.2, 0) is 16.4 Å². The zero-order chi connectivity index (χ0) is 19.3. The summed E-state index contributed by atoms with van der Waals surface area (Å²) in [5, 5.41) is 0.694. The molecule has 1 aliphatic carbocycles. The second-order valence-corrected chi connectivity index (χ2v) is 8.30. The number of anilines is 1. The summed E-state index contributed by atoms with van der Waals surface area (Å²) in [6, 6.07) is 5.71. The van der Waals surface area contributed by atoms with Crippen LogP contribution in [0.5, 0.6) is 0 Å². The number of carbonyl (C=O) groups excluding carboxylic acids is 1. The third-order valence-electron chi connectivity index (χ3n) is 4.75. The summed E-state index contributed by atoms with van der Waals surface area (Å²) in [6.07, 6.45) is 1.97. The Kier molecular flexibility index (Phi) is 4.03. The maximum absolute atomic E-state index is 13.8. The number of Topliss-reactive ketones (excluding diaryl/α,β-unsaturated/α-hetero) is 1. The Morgan fingerprint density at radius 1 is 1.11 bits per heavy atom. The van der Waals surface area contributed by atoms with Crippen molar-refractivity contribution in [1.82, 2.24) is 4.98 Å². The quantitative estimate of drug-likeness (QED) is 0.707. The summed E-state index contributed by atoms with van der Waals surface area (Å²) in [6.45, 7) is 1.61. The predicted molar refractivity (Wildman–Crippen MR) is 97.5 cm³/mol. The van der Waals surface area contributed by atoms with Crippen molar-refractivity contribution in [2.75, 3.05) is 4.72 Å². The highest BCUT2D eigenvalue weighted by Crippen LogP contribution is 2.33. The fraction of sp³-hybridized carbons (Fsp3) is 0.211. The summed E-state index contributed by atoms with van der Waals surface area (Å²) in [5.41, 5.74) is 2.07. The SMILES string of the molecule is Cc1cc2c3c([nH]c2cc1S(=O)(=O)Nc1ccc(F)cc1F)CCCC3=O. The first-order valence-electron chi connectivity index (χ1n) is 8.42. The van der Waals surface area contributed by atoms with Crippen LogP contribution >= 0.6 is 0 Å². The number of nitrogens with one attached hydrogen (secondary N) is 2. The van der Waals surface area contributed by atoms with Crippen molar-refractivity contribution < 1.29 is 22.0 Å². The topological polar surface area (TPSA) is 79.0 Å². The molecular weight excluding hydrogens is 374 g/mol. The third kappa shape index (κ3) is 2.99. The zero-order valence-electron chi connectivity index (χ0n) is 14.4. The van der Waals surface area contributed by atoms with Crippen molar-refractivity contribution in [3.8, 4) is 0 Å². The summed E-state index contributed by atoms with van der Waals surface area (Å²) >= 11 is 0. The second-order valence-electron chi connectivity index (χ2n) is 6.65. The van der Waals surface area contributed by atoms with Gasteiger partial charge in [0.15, 0.2) is 5.78 Å². The largest absolute Gasteiger partial charge is 0.358 e. The number of ketones is 1. The number of aromatic amines is 1. The van der Waals surface area contributed by atoms with E-state index in [2.05, 4.69) is 9.71 Å². The van der Waals surface area contributed by atoms with Crippen LogP contribution < -0.4 is 4.72 Å². The molecule has 0 radical (unpaired) electrons. The molecule has 0 amide bonds. The second kappa shape index (κ2) is 6.16. The van der Waals surface area contributed by atoms with E-state index in [0.717, 1.165) is 30.7 Å². The number of hydrogen-bond acceptors (Lipinski definition) is 3. The highest BCUT2D eigenvalue weighted by Gasteiger charge is 2.25. The Hall–Kier alpha value is -2.74. The van der Waals surface area contributed by atoms with Gasteiger partial charge in [0.2, 0.25) is 0 Å². The first kappa shape index (κ1) is 17.7. The molecule has 0 bridgehead atoms. The maximum Gasteiger partial charge on any atom is 0.262 e. The number of aryl methyl sites for hydroxylation is 2. The molecule has 1 heterocycles. The smallest absolute Gasteiger partial charge is 0.262 e. The average Bonchev–Trinajstić information content (AvgIpc) is 2.95. The van der Waals surface area contributed by atoms with Crippen molar-refractivity contribution in [2.24, 2.45) is 0 Å². The molecule has 1 aliphatic rings. The first-order chi connectivity index (χ1) is 12.8. The van der Waals surface area contributed by atoms with Crippen LogP contribution in [0.3, 0.4) is 0 Å². The summed E-state index contributed by atoms with van der Waals surface area (Å²) in [4.78, 5) is 15.3. The van der Waals surface area contributed by atoms with E-state index in [1.54, 1.807) is 13.0 Å². The molecule has 5 nitrogen and oxygen atoms in total.